The van der Waals surface area contributed by atoms with Gasteiger partial charge in [-0.25, -0.2) is 0 Å². The molecule has 3 heteroatoms. The molecule has 0 bridgehead atoms. The number of benzene rings is 1. The number of allylic oxidation sites excluding steroid dienone is 4. The fourth-order valence-electron chi connectivity index (χ4n) is 3.16. The van der Waals surface area contributed by atoms with Crippen molar-refractivity contribution in [1.29, 1.82) is 0 Å². The summed E-state index contributed by atoms with van der Waals surface area (Å²) in [7, 11) is 0. The van der Waals surface area contributed by atoms with Crippen LogP contribution in [-0.2, 0) is 5.41 Å². The summed E-state index contributed by atoms with van der Waals surface area (Å²) in [5.74, 6) is 1.06. The number of phenols is 1. The molecule has 0 saturated heterocycles. The molecular formula is C22H32O2S. The van der Waals surface area contributed by atoms with Gasteiger partial charge in [-0.2, -0.15) is 0 Å². The average molecular weight is 361 g/mol. The fraction of sp³-hybridized carbons (Fsp3) is 0.545. The molecule has 138 valence electrons. The lowest BCUT2D eigenvalue weighted by atomic mass is 9.80. The molecular weight excluding hydrogens is 328 g/mol. The van der Waals surface area contributed by atoms with E-state index in [0.717, 1.165) is 28.0 Å². The fourth-order valence-corrected chi connectivity index (χ4v) is 4.38. The Bertz CT molecular complexity index is 728. The van der Waals surface area contributed by atoms with Crippen LogP contribution in [-0.4, -0.2) is 10.2 Å². The Labute approximate surface area is 157 Å². The van der Waals surface area contributed by atoms with Gasteiger partial charge < -0.3 is 10.2 Å². The third-order valence-corrected chi connectivity index (χ3v) is 5.71. The largest absolute Gasteiger partial charge is 0.512 e. The normalized spacial score (nSPS) is 19.2. The van der Waals surface area contributed by atoms with Crippen LogP contribution in [0.1, 0.15) is 66.0 Å². The van der Waals surface area contributed by atoms with Crippen molar-refractivity contribution in [3.63, 3.8) is 0 Å². The lowest BCUT2D eigenvalue weighted by Gasteiger charge is -2.29. The molecule has 0 saturated carbocycles. The zero-order chi connectivity index (χ0) is 19.2. The number of phenolic OH excluding ortho intramolecular Hbond substituents is 1. The summed E-state index contributed by atoms with van der Waals surface area (Å²) in [5.41, 5.74) is 2.74. The second kappa shape index (κ2) is 6.75. The van der Waals surface area contributed by atoms with Gasteiger partial charge in [0.1, 0.15) is 5.75 Å². The Hall–Kier alpha value is -1.35. The minimum atomic E-state index is -0.103. The van der Waals surface area contributed by atoms with Crippen molar-refractivity contribution in [3.05, 3.63) is 45.6 Å². The Morgan fingerprint density at radius 1 is 1.00 bits per heavy atom. The summed E-state index contributed by atoms with van der Waals surface area (Å²) < 4.78 is 0. The van der Waals surface area contributed by atoms with Crippen molar-refractivity contribution in [1.82, 2.24) is 0 Å². The molecule has 2 nitrogen and oxygen atoms in total. The number of aryl methyl sites for hydroxylation is 1. The van der Waals surface area contributed by atoms with Crippen LogP contribution in [0.4, 0.5) is 0 Å². The summed E-state index contributed by atoms with van der Waals surface area (Å²) in [6.45, 7) is 16.8. The van der Waals surface area contributed by atoms with Gasteiger partial charge in [-0.05, 0) is 58.4 Å². The number of hydrogen-bond donors (Lipinski definition) is 2. The zero-order valence-electron chi connectivity index (χ0n) is 16.8. The zero-order valence-corrected chi connectivity index (χ0v) is 17.6. The van der Waals surface area contributed by atoms with Crippen LogP contribution in [0.3, 0.4) is 0 Å². The Morgan fingerprint density at radius 2 is 1.60 bits per heavy atom. The van der Waals surface area contributed by atoms with Gasteiger partial charge >= 0.3 is 0 Å². The number of aromatic hydroxyl groups is 1. The number of rotatable bonds is 2. The van der Waals surface area contributed by atoms with Gasteiger partial charge in [-0.15, -0.1) is 0 Å². The standard InChI is InChI=1S/C22H32O2S/c1-13-9-15(11-17(19(13)23)21(3,4)5)25-16-10-14(2)20(24)18(12-16)22(6,7)8/h9,11-12,14,23-24H,10H2,1-8H3. The maximum absolute atomic E-state index is 10.5. The van der Waals surface area contributed by atoms with E-state index in [1.807, 2.05) is 6.92 Å². The van der Waals surface area contributed by atoms with Crippen molar-refractivity contribution in [2.45, 2.75) is 72.1 Å². The summed E-state index contributed by atoms with van der Waals surface area (Å²) in [6, 6.07) is 4.16. The molecule has 0 amide bonds. The minimum Gasteiger partial charge on any atom is -0.512 e. The maximum atomic E-state index is 10.5. The predicted molar refractivity (Wildman–Crippen MR) is 108 cm³/mol. The van der Waals surface area contributed by atoms with E-state index in [0.29, 0.717) is 11.5 Å². The molecule has 0 spiro atoms. The molecule has 0 aromatic heterocycles. The van der Waals surface area contributed by atoms with Gasteiger partial charge in [0.25, 0.3) is 0 Å². The van der Waals surface area contributed by atoms with Crippen molar-refractivity contribution in [2.75, 3.05) is 0 Å². The lowest BCUT2D eigenvalue weighted by molar-refractivity contribution is 0.312. The first-order valence-electron chi connectivity index (χ1n) is 8.97. The van der Waals surface area contributed by atoms with E-state index in [-0.39, 0.29) is 16.7 Å². The predicted octanol–water partition coefficient (Wildman–Crippen LogP) is 6.87. The Morgan fingerprint density at radius 3 is 2.12 bits per heavy atom. The first kappa shape index (κ1) is 20.0. The number of hydrogen-bond acceptors (Lipinski definition) is 3. The second-order valence-corrected chi connectivity index (χ2v) is 10.5. The highest BCUT2D eigenvalue weighted by Crippen LogP contribution is 2.44. The first-order valence-corrected chi connectivity index (χ1v) is 9.78. The SMILES string of the molecule is Cc1cc(SC2=CC(C(C)(C)C)=C(O)C(C)C2)cc(C(C)(C)C)c1O. The molecule has 2 rings (SSSR count). The summed E-state index contributed by atoms with van der Waals surface area (Å²) in [6.07, 6.45) is 3.00. The van der Waals surface area contributed by atoms with Crippen LogP contribution in [0.25, 0.3) is 0 Å². The molecule has 0 radical (unpaired) electrons. The van der Waals surface area contributed by atoms with Gasteiger partial charge in [0, 0.05) is 16.4 Å². The topological polar surface area (TPSA) is 40.5 Å². The van der Waals surface area contributed by atoms with Crippen LogP contribution in [0.5, 0.6) is 5.75 Å². The molecule has 1 aliphatic carbocycles. The van der Waals surface area contributed by atoms with Crippen molar-refractivity contribution in [2.24, 2.45) is 11.3 Å². The van der Waals surface area contributed by atoms with E-state index in [1.54, 1.807) is 11.8 Å². The average Bonchev–Trinajstić information content (AvgIpc) is 2.43. The van der Waals surface area contributed by atoms with Gasteiger partial charge in [-0.1, -0.05) is 60.2 Å². The Kier molecular flexibility index (Phi) is 5.39. The van der Waals surface area contributed by atoms with E-state index in [1.165, 1.54) is 4.91 Å². The number of thioether (sulfide) groups is 1. The van der Waals surface area contributed by atoms with Gasteiger partial charge in [-0.3, -0.25) is 0 Å². The van der Waals surface area contributed by atoms with Crippen LogP contribution in [0.15, 0.2) is 39.3 Å². The van der Waals surface area contributed by atoms with Gasteiger partial charge in [0.05, 0.1) is 5.76 Å². The third-order valence-electron chi connectivity index (χ3n) is 4.69. The highest BCUT2D eigenvalue weighted by molar-refractivity contribution is 8.03. The van der Waals surface area contributed by atoms with Crippen LogP contribution in [0.2, 0.25) is 0 Å². The summed E-state index contributed by atoms with van der Waals surface area (Å²) >= 11 is 1.75. The first-order chi connectivity index (χ1) is 11.3. The van der Waals surface area contributed by atoms with Gasteiger partial charge in [0.15, 0.2) is 0 Å². The van der Waals surface area contributed by atoms with Crippen LogP contribution < -0.4 is 0 Å². The van der Waals surface area contributed by atoms with E-state index >= 15 is 0 Å². The molecule has 1 aromatic rings. The molecule has 0 fully saturated rings. The monoisotopic (exact) mass is 360 g/mol. The molecule has 2 N–H and O–H groups in total. The summed E-state index contributed by atoms with van der Waals surface area (Å²) in [4.78, 5) is 2.41. The van der Waals surface area contributed by atoms with E-state index in [9.17, 15) is 10.2 Å². The molecule has 1 atom stereocenters. The van der Waals surface area contributed by atoms with E-state index in [4.69, 9.17) is 0 Å². The highest BCUT2D eigenvalue weighted by Gasteiger charge is 2.28. The Balaban J connectivity index is 2.42. The lowest BCUT2D eigenvalue weighted by Crippen LogP contribution is -2.17. The van der Waals surface area contributed by atoms with Crippen molar-refractivity contribution in [3.8, 4) is 5.75 Å². The van der Waals surface area contributed by atoms with E-state index < -0.39 is 0 Å². The molecule has 0 aliphatic heterocycles. The van der Waals surface area contributed by atoms with Crippen molar-refractivity contribution < 1.29 is 10.2 Å². The van der Waals surface area contributed by atoms with Gasteiger partial charge in [0.2, 0.25) is 0 Å². The molecule has 1 unspecified atom stereocenters. The van der Waals surface area contributed by atoms with Crippen LogP contribution in [0, 0.1) is 18.3 Å². The maximum Gasteiger partial charge on any atom is 0.122 e. The second-order valence-electron chi connectivity index (χ2n) is 9.25. The highest BCUT2D eigenvalue weighted by atomic mass is 32.2. The molecule has 1 aromatic carbocycles. The third kappa shape index (κ3) is 4.44. The quantitative estimate of drug-likeness (QED) is 0.604. The summed E-state index contributed by atoms with van der Waals surface area (Å²) in [5, 5.41) is 20.9. The minimum absolute atomic E-state index is 0.0774. The van der Waals surface area contributed by atoms with Crippen molar-refractivity contribution >= 4 is 11.8 Å². The van der Waals surface area contributed by atoms with E-state index in [2.05, 4.69) is 66.7 Å². The van der Waals surface area contributed by atoms with Crippen LogP contribution >= 0.6 is 11.8 Å². The number of aliphatic hydroxyl groups is 1. The smallest absolute Gasteiger partial charge is 0.122 e. The number of aliphatic hydroxyl groups excluding tert-OH is 1. The molecule has 1 aliphatic rings. The molecule has 0 heterocycles. The molecule has 25 heavy (non-hydrogen) atoms.